The molecule has 29 heavy (non-hydrogen) atoms. The predicted molar refractivity (Wildman–Crippen MR) is 117 cm³/mol. The molecule has 0 bridgehead atoms. The normalized spacial score (nSPS) is 29.9. The van der Waals surface area contributed by atoms with Crippen molar-refractivity contribution in [1.29, 1.82) is 0 Å². The molecule has 2 rings (SSSR count). The van der Waals surface area contributed by atoms with Gasteiger partial charge in [-0.05, 0) is 83.0 Å². The lowest BCUT2D eigenvalue weighted by atomic mass is 9.89. The second-order valence-electron chi connectivity index (χ2n) is 9.51. The second-order valence-corrected chi connectivity index (χ2v) is 9.51. The quantitative estimate of drug-likeness (QED) is 0.324. The molecule has 0 aromatic carbocycles. The Labute approximate surface area is 176 Å². The van der Waals surface area contributed by atoms with Gasteiger partial charge in [-0.15, -0.1) is 0 Å². The van der Waals surface area contributed by atoms with Crippen LogP contribution in [0.2, 0.25) is 0 Å². The van der Waals surface area contributed by atoms with E-state index in [0.29, 0.717) is 24.2 Å². The number of carboxylic acids is 1. The number of hydrogen-bond donors (Lipinski definition) is 3. The van der Waals surface area contributed by atoms with Gasteiger partial charge in [0.1, 0.15) is 0 Å². The molecule has 164 valence electrons. The van der Waals surface area contributed by atoms with E-state index in [1.54, 1.807) is 0 Å². The smallest absolute Gasteiger partial charge is 0.303 e. The number of aliphatic hydroxyl groups is 2. The first kappa shape index (κ1) is 23.9. The summed E-state index contributed by atoms with van der Waals surface area (Å²) in [5.74, 6) is 0.837. The Hall–Kier alpha value is -1.39. The summed E-state index contributed by atoms with van der Waals surface area (Å²) in [6.07, 6.45) is 15.2. The molecule has 0 amide bonds. The summed E-state index contributed by atoms with van der Waals surface area (Å²) >= 11 is 0. The van der Waals surface area contributed by atoms with Crippen LogP contribution in [0.3, 0.4) is 0 Å². The summed E-state index contributed by atoms with van der Waals surface area (Å²) in [5.41, 5.74) is 2.76. The molecule has 0 radical (unpaired) electrons. The van der Waals surface area contributed by atoms with Gasteiger partial charge in [0.25, 0.3) is 0 Å². The van der Waals surface area contributed by atoms with E-state index < -0.39 is 12.1 Å². The molecule has 3 N–H and O–H groups in total. The van der Waals surface area contributed by atoms with Crippen molar-refractivity contribution in [2.45, 2.75) is 90.8 Å². The Morgan fingerprint density at radius 1 is 1.24 bits per heavy atom. The minimum Gasteiger partial charge on any atom is -0.481 e. The monoisotopic (exact) mass is 404 g/mol. The topological polar surface area (TPSA) is 77.8 Å². The van der Waals surface area contributed by atoms with Crippen LogP contribution in [0.5, 0.6) is 0 Å². The van der Waals surface area contributed by atoms with Crippen molar-refractivity contribution in [1.82, 2.24) is 0 Å². The summed E-state index contributed by atoms with van der Waals surface area (Å²) in [6, 6.07) is 0. The molecule has 4 nitrogen and oxygen atoms in total. The standard InChI is InChI=1S/C25H40O4/c1-17(2)7-6-8-18(3)13-21(26)11-12-22-23-15-19(9-4-5-10-25(28)29)14-20(23)16-24(22)27/h7,9,11-12,18,20-24,26-27H,4-6,8,10,13-16H2,1-3H3,(H,28,29)/t18?,20?,21?,22-,23+,24?/m1/s1. The molecular formula is C25H40O4. The highest BCUT2D eigenvalue weighted by atomic mass is 16.4. The number of carboxylic acid groups (broad SMARTS) is 1. The first-order chi connectivity index (χ1) is 13.8. The molecular weight excluding hydrogens is 364 g/mol. The first-order valence-corrected chi connectivity index (χ1v) is 11.3. The van der Waals surface area contributed by atoms with Crippen LogP contribution >= 0.6 is 0 Å². The van der Waals surface area contributed by atoms with Crippen molar-refractivity contribution < 1.29 is 20.1 Å². The molecule has 0 aromatic heterocycles. The lowest BCUT2D eigenvalue weighted by molar-refractivity contribution is -0.137. The summed E-state index contributed by atoms with van der Waals surface area (Å²) < 4.78 is 0. The third kappa shape index (κ3) is 8.10. The van der Waals surface area contributed by atoms with Gasteiger partial charge in [0.2, 0.25) is 0 Å². The van der Waals surface area contributed by atoms with Crippen LogP contribution in [0.25, 0.3) is 0 Å². The van der Waals surface area contributed by atoms with Gasteiger partial charge >= 0.3 is 5.97 Å². The molecule has 2 aliphatic carbocycles. The third-order valence-electron chi connectivity index (χ3n) is 6.55. The Balaban J connectivity index is 1.81. The first-order valence-electron chi connectivity index (χ1n) is 11.3. The molecule has 4 unspecified atom stereocenters. The average molecular weight is 405 g/mol. The van der Waals surface area contributed by atoms with Gasteiger partial charge in [-0.1, -0.05) is 42.4 Å². The van der Waals surface area contributed by atoms with Gasteiger partial charge in [0, 0.05) is 12.3 Å². The molecule has 2 saturated carbocycles. The van der Waals surface area contributed by atoms with Crippen molar-refractivity contribution in [3.63, 3.8) is 0 Å². The van der Waals surface area contributed by atoms with E-state index in [2.05, 4.69) is 39.0 Å². The fourth-order valence-corrected chi connectivity index (χ4v) is 5.02. The maximum absolute atomic E-state index is 10.6. The maximum Gasteiger partial charge on any atom is 0.303 e. The van der Waals surface area contributed by atoms with E-state index >= 15 is 0 Å². The van der Waals surface area contributed by atoms with Crippen LogP contribution in [0.15, 0.2) is 35.5 Å². The number of aliphatic carboxylic acids is 1. The summed E-state index contributed by atoms with van der Waals surface area (Å²) in [5, 5.41) is 29.7. The minimum absolute atomic E-state index is 0.126. The summed E-state index contributed by atoms with van der Waals surface area (Å²) in [6.45, 7) is 6.42. The van der Waals surface area contributed by atoms with Gasteiger partial charge in [-0.25, -0.2) is 0 Å². The highest BCUT2D eigenvalue weighted by molar-refractivity contribution is 5.66. The Bertz CT molecular complexity index is 614. The van der Waals surface area contributed by atoms with Crippen LogP contribution in [0.4, 0.5) is 0 Å². The van der Waals surface area contributed by atoms with Gasteiger partial charge in [0.15, 0.2) is 0 Å². The van der Waals surface area contributed by atoms with Gasteiger partial charge < -0.3 is 15.3 Å². The zero-order chi connectivity index (χ0) is 21.4. The molecule has 4 heteroatoms. The van der Waals surface area contributed by atoms with E-state index in [1.807, 2.05) is 6.08 Å². The van der Waals surface area contributed by atoms with Crippen molar-refractivity contribution in [3.05, 3.63) is 35.5 Å². The number of aliphatic hydroxyl groups excluding tert-OH is 2. The number of rotatable bonds is 11. The SMILES string of the molecule is CC(C)=CCCC(C)CC(O)C=C[C@H]1C(O)CC2CC(=CCCCC(=O)O)C[C@@H]21. The average Bonchev–Trinajstić information content (AvgIpc) is 3.13. The molecule has 0 saturated heterocycles. The van der Waals surface area contributed by atoms with Gasteiger partial charge in [-0.2, -0.15) is 0 Å². The summed E-state index contributed by atoms with van der Waals surface area (Å²) in [4.78, 5) is 10.6. The minimum atomic E-state index is -0.732. The highest BCUT2D eigenvalue weighted by Gasteiger charge is 2.44. The Morgan fingerprint density at radius 3 is 2.69 bits per heavy atom. The van der Waals surface area contributed by atoms with E-state index in [0.717, 1.165) is 44.9 Å². The number of carbonyl (C=O) groups is 1. The van der Waals surface area contributed by atoms with Crippen LogP contribution in [0.1, 0.15) is 78.6 Å². The fourth-order valence-electron chi connectivity index (χ4n) is 5.02. The fraction of sp³-hybridized carbons (Fsp3) is 0.720. The van der Waals surface area contributed by atoms with Crippen molar-refractivity contribution in [2.24, 2.45) is 23.7 Å². The van der Waals surface area contributed by atoms with Crippen molar-refractivity contribution in [3.8, 4) is 0 Å². The van der Waals surface area contributed by atoms with Crippen molar-refractivity contribution in [2.75, 3.05) is 0 Å². The highest BCUT2D eigenvalue weighted by Crippen LogP contribution is 2.50. The van der Waals surface area contributed by atoms with Gasteiger partial charge in [0.05, 0.1) is 12.2 Å². The van der Waals surface area contributed by atoms with Crippen LogP contribution in [0, 0.1) is 23.7 Å². The molecule has 0 aliphatic heterocycles. The van der Waals surface area contributed by atoms with E-state index in [-0.39, 0.29) is 18.4 Å². The lowest BCUT2D eigenvalue weighted by Crippen LogP contribution is -2.18. The second kappa shape index (κ2) is 11.7. The van der Waals surface area contributed by atoms with Crippen LogP contribution in [-0.4, -0.2) is 33.5 Å². The van der Waals surface area contributed by atoms with Crippen LogP contribution in [-0.2, 0) is 4.79 Å². The molecule has 2 fully saturated rings. The molecule has 0 spiro atoms. The van der Waals surface area contributed by atoms with E-state index in [4.69, 9.17) is 5.11 Å². The van der Waals surface area contributed by atoms with Gasteiger partial charge in [-0.3, -0.25) is 4.79 Å². The largest absolute Gasteiger partial charge is 0.481 e. The zero-order valence-electron chi connectivity index (χ0n) is 18.4. The molecule has 0 heterocycles. The Morgan fingerprint density at radius 2 is 2.00 bits per heavy atom. The van der Waals surface area contributed by atoms with E-state index in [1.165, 1.54) is 11.1 Å². The zero-order valence-corrected chi connectivity index (χ0v) is 18.4. The molecule has 6 atom stereocenters. The number of unbranched alkanes of at least 4 members (excludes halogenated alkanes) is 1. The van der Waals surface area contributed by atoms with Crippen LogP contribution < -0.4 is 0 Å². The molecule has 2 aliphatic rings. The maximum atomic E-state index is 10.6. The summed E-state index contributed by atoms with van der Waals surface area (Å²) in [7, 11) is 0. The van der Waals surface area contributed by atoms with E-state index in [9.17, 15) is 15.0 Å². The predicted octanol–water partition coefficient (Wildman–Crippen LogP) is 5.26. The van der Waals surface area contributed by atoms with Crippen molar-refractivity contribution >= 4 is 5.97 Å². The third-order valence-corrected chi connectivity index (χ3v) is 6.55. The lowest BCUT2D eigenvalue weighted by Gasteiger charge is -2.18. The Kier molecular flexibility index (Phi) is 9.64. The molecule has 0 aromatic rings. The number of allylic oxidation sites excluding steroid dienone is 4. The number of hydrogen-bond acceptors (Lipinski definition) is 3. The number of fused-ring (bicyclic) bond motifs is 1.